The van der Waals surface area contributed by atoms with Crippen LogP contribution in [0.25, 0.3) is 66.1 Å². The van der Waals surface area contributed by atoms with Crippen LogP contribution in [0.15, 0.2) is 160 Å². The topological polar surface area (TPSA) is 29.5 Å². The number of halogens is 2. The standard InChI is InChI=1S/C42H25Cl2NO2/c43-30-19-29(20-31(44)23-30)28-13-16-40-36(22-28)38-25-34(15-18-42(38)47-40)45(32-10-6-9-27(21-32)26-7-2-1-3-8-26)33-14-17-41-37(24-33)35-11-4-5-12-39(35)46-41/h1-25H. The normalized spacial score (nSPS) is 11.6. The SMILES string of the molecule is Clc1cc(Cl)cc(-c2ccc3oc4ccc(N(c5cccc(-c6ccccc6)c5)c5ccc6oc7ccccc7c6c5)cc4c3c2)c1. The van der Waals surface area contributed by atoms with Gasteiger partial charge in [-0.15, -0.1) is 0 Å². The smallest absolute Gasteiger partial charge is 0.135 e. The van der Waals surface area contributed by atoms with Crippen LogP contribution in [0.1, 0.15) is 0 Å². The first-order valence-corrected chi connectivity index (χ1v) is 16.1. The number of benzene rings is 7. The Morgan fingerprint density at radius 3 is 1.60 bits per heavy atom. The third-order valence-corrected chi connectivity index (χ3v) is 9.17. The summed E-state index contributed by atoms with van der Waals surface area (Å²) in [5, 5.41) is 5.40. The molecule has 0 saturated heterocycles. The molecule has 0 bridgehead atoms. The number of furan rings is 2. The molecule has 7 aromatic carbocycles. The van der Waals surface area contributed by atoms with Crippen LogP contribution in [0.2, 0.25) is 10.0 Å². The van der Waals surface area contributed by atoms with Crippen molar-refractivity contribution in [2.24, 2.45) is 0 Å². The van der Waals surface area contributed by atoms with Gasteiger partial charge in [0.05, 0.1) is 0 Å². The van der Waals surface area contributed by atoms with Gasteiger partial charge in [0.15, 0.2) is 0 Å². The molecule has 3 nitrogen and oxygen atoms in total. The Morgan fingerprint density at radius 2 is 0.872 bits per heavy atom. The minimum Gasteiger partial charge on any atom is -0.456 e. The second-order valence-electron chi connectivity index (χ2n) is 11.7. The number of hydrogen-bond acceptors (Lipinski definition) is 3. The Labute approximate surface area is 280 Å². The van der Waals surface area contributed by atoms with Crippen molar-refractivity contribution in [1.82, 2.24) is 0 Å². The number of para-hydroxylation sites is 1. The van der Waals surface area contributed by atoms with E-state index in [-0.39, 0.29) is 0 Å². The summed E-state index contributed by atoms with van der Waals surface area (Å²) in [7, 11) is 0. The van der Waals surface area contributed by atoms with Crippen molar-refractivity contribution in [1.29, 1.82) is 0 Å². The van der Waals surface area contributed by atoms with E-state index >= 15 is 0 Å². The molecule has 0 fully saturated rings. The molecule has 9 aromatic rings. The van der Waals surface area contributed by atoms with Crippen molar-refractivity contribution in [3.05, 3.63) is 162 Å². The molecule has 0 atom stereocenters. The molecule has 0 spiro atoms. The largest absolute Gasteiger partial charge is 0.456 e. The van der Waals surface area contributed by atoms with Crippen LogP contribution in [0, 0.1) is 0 Å². The Bertz CT molecular complexity index is 2600. The molecule has 5 heteroatoms. The molecule has 0 aliphatic carbocycles. The zero-order chi connectivity index (χ0) is 31.5. The van der Waals surface area contributed by atoms with Gasteiger partial charge in [-0.3, -0.25) is 0 Å². The Morgan fingerprint density at radius 1 is 0.340 bits per heavy atom. The monoisotopic (exact) mass is 645 g/mol. The number of fused-ring (bicyclic) bond motifs is 6. The van der Waals surface area contributed by atoms with Gasteiger partial charge in [-0.2, -0.15) is 0 Å². The van der Waals surface area contributed by atoms with E-state index in [1.54, 1.807) is 6.07 Å². The van der Waals surface area contributed by atoms with E-state index in [0.29, 0.717) is 10.0 Å². The summed E-state index contributed by atoms with van der Waals surface area (Å²) in [5.74, 6) is 0. The average Bonchev–Trinajstić information content (AvgIpc) is 3.66. The van der Waals surface area contributed by atoms with Crippen molar-refractivity contribution in [2.75, 3.05) is 4.90 Å². The molecule has 2 heterocycles. The van der Waals surface area contributed by atoms with Crippen molar-refractivity contribution >= 4 is 84.1 Å². The molecular formula is C42H25Cl2NO2. The number of nitrogens with zero attached hydrogens (tertiary/aromatic N) is 1. The summed E-state index contributed by atoms with van der Waals surface area (Å²) in [4.78, 5) is 2.30. The molecule has 9 rings (SSSR count). The van der Waals surface area contributed by atoms with Crippen molar-refractivity contribution < 1.29 is 8.83 Å². The Balaban J connectivity index is 1.25. The molecule has 2 aromatic heterocycles. The van der Waals surface area contributed by atoms with E-state index in [1.807, 2.05) is 42.5 Å². The van der Waals surface area contributed by atoms with Crippen molar-refractivity contribution in [2.45, 2.75) is 0 Å². The number of anilines is 3. The summed E-state index contributed by atoms with van der Waals surface area (Å²) in [5.41, 5.74) is 10.7. The molecule has 47 heavy (non-hydrogen) atoms. The highest BCUT2D eigenvalue weighted by molar-refractivity contribution is 6.35. The highest BCUT2D eigenvalue weighted by atomic mass is 35.5. The van der Waals surface area contributed by atoms with Crippen LogP contribution in [-0.4, -0.2) is 0 Å². The Hall–Kier alpha value is -5.48. The van der Waals surface area contributed by atoms with Crippen LogP contribution in [0.5, 0.6) is 0 Å². The predicted octanol–water partition coefficient (Wildman–Crippen LogP) is 13.6. The van der Waals surface area contributed by atoms with Gasteiger partial charge in [0.1, 0.15) is 22.3 Å². The number of hydrogen-bond donors (Lipinski definition) is 0. The van der Waals surface area contributed by atoms with Gasteiger partial charge in [-0.05, 0) is 107 Å². The molecule has 0 aliphatic heterocycles. The van der Waals surface area contributed by atoms with E-state index in [9.17, 15) is 0 Å². The zero-order valence-corrected chi connectivity index (χ0v) is 26.5. The lowest BCUT2D eigenvalue weighted by Gasteiger charge is -2.26. The van der Waals surface area contributed by atoms with Gasteiger partial charge < -0.3 is 13.7 Å². The minimum atomic E-state index is 0.600. The third kappa shape index (κ3) is 4.92. The fraction of sp³-hybridized carbons (Fsp3) is 0. The fourth-order valence-electron chi connectivity index (χ4n) is 6.56. The van der Waals surface area contributed by atoms with Crippen LogP contribution < -0.4 is 4.90 Å². The molecule has 0 amide bonds. The van der Waals surface area contributed by atoms with Crippen LogP contribution in [-0.2, 0) is 0 Å². The van der Waals surface area contributed by atoms with E-state index in [4.69, 9.17) is 32.0 Å². The first kappa shape index (κ1) is 27.8. The maximum atomic E-state index is 6.36. The molecule has 224 valence electrons. The molecule has 0 unspecified atom stereocenters. The fourth-order valence-corrected chi connectivity index (χ4v) is 7.09. The first-order chi connectivity index (χ1) is 23.1. The summed E-state index contributed by atoms with van der Waals surface area (Å²) < 4.78 is 12.5. The van der Waals surface area contributed by atoms with Gasteiger partial charge in [-0.1, -0.05) is 89.9 Å². The van der Waals surface area contributed by atoms with Crippen LogP contribution in [0.3, 0.4) is 0 Å². The molecule has 0 radical (unpaired) electrons. The average molecular weight is 647 g/mol. The van der Waals surface area contributed by atoms with Crippen molar-refractivity contribution in [3.8, 4) is 22.3 Å². The second kappa shape index (κ2) is 11.1. The van der Waals surface area contributed by atoms with Crippen LogP contribution >= 0.6 is 23.2 Å². The van der Waals surface area contributed by atoms with Gasteiger partial charge >= 0.3 is 0 Å². The summed E-state index contributed by atoms with van der Waals surface area (Å²) >= 11 is 12.7. The lowest BCUT2D eigenvalue weighted by atomic mass is 10.0. The minimum absolute atomic E-state index is 0.600. The summed E-state index contributed by atoms with van der Waals surface area (Å²) in [6.07, 6.45) is 0. The van der Waals surface area contributed by atoms with Gasteiger partial charge in [0.25, 0.3) is 0 Å². The predicted molar refractivity (Wildman–Crippen MR) is 197 cm³/mol. The van der Waals surface area contributed by atoms with E-state index < -0.39 is 0 Å². The second-order valence-corrected chi connectivity index (χ2v) is 12.6. The number of rotatable bonds is 5. The maximum absolute atomic E-state index is 6.36. The lowest BCUT2D eigenvalue weighted by molar-refractivity contribution is 0.668. The molecular weight excluding hydrogens is 621 g/mol. The molecule has 0 saturated carbocycles. The quantitative estimate of drug-likeness (QED) is 0.186. The van der Waals surface area contributed by atoms with E-state index in [2.05, 4.69) is 108 Å². The Kier molecular flexibility index (Phi) is 6.56. The third-order valence-electron chi connectivity index (χ3n) is 8.74. The van der Waals surface area contributed by atoms with Gasteiger partial charge in [0, 0.05) is 48.7 Å². The summed E-state index contributed by atoms with van der Waals surface area (Å²) in [6.45, 7) is 0. The summed E-state index contributed by atoms with van der Waals surface area (Å²) in [6, 6.07) is 51.9. The molecule has 0 N–H and O–H groups in total. The van der Waals surface area contributed by atoms with Gasteiger partial charge in [-0.25, -0.2) is 0 Å². The lowest BCUT2D eigenvalue weighted by Crippen LogP contribution is -2.10. The van der Waals surface area contributed by atoms with Crippen molar-refractivity contribution in [3.63, 3.8) is 0 Å². The van der Waals surface area contributed by atoms with Crippen LogP contribution in [0.4, 0.5) is 17.1 Å². The zero-order valence-electron chi connectivity index (χ0n) is 25.0. The maximum Gasteiger partial charge on any atom is 0.135 e. The van der Waals surface area contributed by atoms with E-state index in [1.165, 1.54) is 0 Å². The highest BCUT2D eigenvalue weighted by Crippen LogP contribution is 2.42. The highest BCUT2D eigenvalue weighted by Gasteiger charge is 2.18. The van der Waals surface area contributed by atoms with E-state index in [0.717, 1.165) is 83.2 Å². The van der Waals surface area contributed by atoms with Gasteiger partial charge in [0.2, 0.25) is 0 Å². The molecule has 0 aliphatic rings. The first-order valence-electron chi connectivity index (χ1n) is 15.4.